The fraction of sp³-hybridized carbons (Fsp3) is 0.115. The van der Waals surface area contributed by atoms with Crippen molar-refractivity contribution in [1.29, 1.82) is 0 Å². The molecule has 1 aliphatic heterocycles. The van der Waals surface area contributed by atoms with Gasteiger partial charge in [-0.3, -0.25) is 14.2 Å². The SMILES string of the molecule is O=C(CSc1nc2scc(-c3ccco3)c2c(=O)n1-c1ccccc1)Nc1ccc2c(c1)OCCO2. The number of thiophene rings is 1. The number of rotatable bonds is 6. The predicted octanol–water partition coefficient (Wildman–Crippen LogP) is 5.21. The zero-order valence-electron chi connectivity index (χ0n) is 18.8. The number of amides is 1. The smallest absolute Gasteiger partial charge is 0.268 e. The molecule has 0 bridgehead atoms. The molecule has 0 unspecified atom stereocenters. The lowest BCUT2D eigenvalue weighted by Gasteiger charge is -2.19. The summed E-state index contributed by atoms with van der Waals surface area (Å²) in [7, 11) is 0. The molecule has 1 amide bonds. The summed E-state index contributed by atoms with van der Waals surface area (Å²) >= 11 is 2.57. The van der Waals surface area contributed by atoms with Crippen molar-refractivity contribution in [2.75, 3.05) is 24.3 Å². The number of benzene rings is 2. The molecule has 1 aliphatic rings. The second kappa shape index (κ2) is 9.56. The number of furan rings is 1. The maximum absolute atomic E-state index is 13.7. The van der Waals surface area contributed by atoms with Crippen LogP contribution in [0.15, 0.2) is 86.7 Å². The van der Waals surface area contributed by atoms with Gasteiger partial charge >= 0.3 is 0 Å². The molecule has 0 radical (unpaired) electrons. The summed E-state index contributed by atoms with van der Waals surface area (Å²) < 4.78 is 18.2. The molecule has 180 valence electrons. The number of carbonyl (C=O) groups is 1. The van der Waals surface area contributed by atoms with Gasteiger partial charge in [0.1, 0.15) is 23.8 Å². The van der Waals surface area contributed by atoms with Crippen molar-refractivity contribution in [1.82, 2.24) is 9.55 Å². The molecular weight excluding hydrogens is 498 g/mol. The molecule has 8 nitrogen and oxygen atoms in total. The molecule has 0 saturated carbocycles. The van der Waals surface area contributed by atoms with Crippen molar-refractivity contribution in [2.24, 2.45) is 0 Å². The van der Waals surface area contributed by atoms with E-state index in [1.165, 1.54) is 23.1 Å². The van der Waals surface area contributed by atoms with E-state index in [-0.39, 0.29) is 17.2 Å². The molecule has 5 aromatic rings. The summed E-state index contributed by atoms with van der Waals surface area (Å²) in [6.45, 7) is 0.971. The summed E-state index contributed by atoms with van der Waals surface area (Å²) in [5, 5.41) is 5.67. The van der Waals surface area contributed by atoms with Crippen molar-refractivity contribution in [3.05, 3.63) is 82.7 Å². The third-order valence-corrected chi connectivity index (χ3v) is 7.35. The zero-order chi connectivity index (χ0) is 24.5. The number of anilines is 1. The van der Waals surface area contributed by atoms with Gasteiger partial charge in [-0.05, 0) is 36.4 Å². The Morgan fingerprint density at radius 2 is 1.89 bits per heavy atom. The quantitative estimate of drug-likeness (QED) is 0.244. The number of carbonyl (C=O) groups excluding carboxylic acids is 1. The van der Waals surface area contributed by atoms with Gasteiger partial charge in [-0.1, -0.05) is 30.0 Å². The molecule has 0 saturated heterocycles. The fourth-order valence-corrected chi connectivity index (χ4v) is 5.72. The van der Waals surface area contributed by atoms with Crippen molar-refractivity contribution in [3.63, 3.8) is 0 Å². The lowest BCUT2D eigenvalue weighted by atomic mass is 10.2. The molecule has 36 heavy (non-hydrogen) atoms. The van der Waals surface area contributed by atoms with Crippen molar-refractivity contribution in [3.8, 4) is 28.5 Å². The highest BCUT2D eigenvalue weighted by Crippen LogP contribution is 2.34. The molecule has 4 heterocycles. The van der Waals surface area contributed by atoms with E-state index in [4.69, 9.17) is 18.9 Å². The van der Waals surface area contributed by atoms with Gasteiger partial charge in [-0.2, -0.15) is 0 Å². The van der Waals surface area contributed by atoms with Crippen molar-refractivity contribution >= 4 is 44.9 Å². The van der Waals surface area contributed by atoms with Gasteiger partial charge in [0.2, 0.25) is 5.91 Å². The molecule has 0 atom stereocenters. The monoisotopic (exact) mass is 517 g/mol. The Morgan fingerprint density at radius 1 is 1.06 bits per heavy atom. The molecule has 6 rings (SSSR count). The maximum atomic E-state index is 13.7. The van der Waals surface area contributed by atoms with Crippen LogP contribution in [0.3, 0.4) is 0 Å². The predicted molar refractivity (Wildman–Crippen MR) is 140 cm³/mol. The number of hydrogen-bond acceptors (Lipinski definition) is 8. The summed E-state index contributed by atoms with van der Waals surface area (Å²) in [6, 6.07) is 18.2. The largest absolute Gasteiger partial charge is 0.486 e. The van der Waals surface area contributed by atoms with Gasteiger partial charge < -0.3 is 19.2 Å². The molecular formula is C26H19N3O5S2. The van der Waals surface area contributed by atoms with Crippen LogP contribution in [0.5, 0.6) is 11.5 Å². The van der Waals surface area contributed by atoms with Gasteiger partial charge in [-0.25, -0.2) is 4.98 Å². The second-order valence-electron chi connectivity index (χ2n) is 7.87. The van der Waals surface area contributed by atoms with Crippen LogP contribution in [-0.4, -0.2) is 34.4 Å². The molecule has 2 aromatic carbocycles. The molecule has 0 aliphatic carbocycles. The molecule has 0 spiro atoms. The first-order valence-corrected chi connectivity index (χ1v) is 13.0. The Morgan fingerprint density at radius 3 is 2.69 bits per heavy atom. The fourth-order valence-electron chi connectivity index (χ4n) is 3.94. The highest BCUT2D eigenvalue weighted by molar-refractivity contribution is 7.99. The number of nitrogens with zero attached hydrogens (tertiary/aromatic N) is 2. The average Bonchev–Trinajstić information content (AvgIpc) is 3.58. The van der Waals surface area contributed by atoms with E-state index in [0.29, 0.717) is 62.8 Å². The first-order chi connectivity index (χ1) is 17.7. The lowest BCUT2D eigenvalue weighted by Crippen LogP contribution is -2.22. The number of para-hydroxylation sites is 1. The minimum atomic E-state index is -0.229. The number of ether oxygens (including phenoxy) is 2. The van der Waals surface area contributed by atoms with Gasteiger partial charge in [-0.15, -0.1) is 11.3 Å². The van der Waals surface area contributed by atoms with Crippen LogP contribution in [0.4, 0.5) is 5.69 Å². The summed E-state index contributed by atoms with van der Waals surface area (Å²) in [5.41, 5.74) is 1.77. The Bertz CT molecular complexity index is 1610. The first kappa shape index (κ1) is 22.4. The van der Waals surface area contributed by atoms with E-state index in [0.717, 1.165) is 0 Å². The van der Waals surface area contributed by atoms with E-state index in [9.17, 15) is 9.59 Å². The van der Waals surface area contributed by atoms with E-state index in [1.54, 1.807) is 35.1 Å². The summed E-state index contributed by atoms with van der Waals surface area (Å²) in [4.78, 5) is 31.9. The minimum Gasteiger partial charge on any atom is -0.486 e. The van der Waals surface area contributed by atoms with Crippen molar-refractivity contribution < 1.29 is 18.7 Å². The highest BCUT2D eigenvalue weighted by atomic mass is 32.2. The van der Waals surface area contributed by atoms with E-state index >= 15 is 0 Å². The minimum absolute atomic E-state index is 0.0651. The van der Waals surface area contributed by atoms with E-state index in [1.807, 2.05) is 41.8 Å². The zero-order valence-corrected chi connectivity index (χ0v) is 20.4. The number of nitrogens with one attached hydrogen (secondary N) is 1. The third-order valence-electron chi connectivity index (χ3n) is 5.54. The molecule has 0 fully saturated rings. The number of aromatic nitrogens is 2. The second-order valence-corrected chi connectivity index (χ2v) is 9.67. The summed E-state index contributed by atoms with van der Waals surface area (Å²) in [5.74, 6) is 1.70. The molecule has 10 heteroatoms. The standard InChI is InChI=1S/C26H19N3O5S2/c30-22(27-16-8-9-20-21(13-16)34-12-11-33-20)15-36-26-28-24-23(18(14-35-24)19-7-4-10-32-19)25(31)29(26)17-5-2-1-3-6-17/h1-10,13-14H,11-12,15H2,(H,27,30). The maximum Gasteiger partial charge on any atom is 0.268 e. The normalized spacial score (nSPS) is 12.6. The van der Waals surface area contributed by atoms with Crippen LogP contribution < -0.4 is 20.3 Å². The highest BCUT2D eigenvalue weighted by Gasteiger charge is 2.20. The first-order valence-electron chi connectivity index (χ1n) is 11.1. The summed E-state index contributed by atoms with van der Waals surface area (Å²) in [6.07, 6.45) is 1.58. The lowest BCUT2D eigenvalue weighted by molar-refractivity contribution is -0.113. The Balaban J connectivity index is 1.31. The Labute approximate surface area is 213 Å². The van der Waals surface area contributed by atoms with Crippen LogP contribution in [-0.2, 0) is 4.79 Å². The van der Waals surface area contributed by atoms with Crippen molar-refractivity contribution in [2.45, 2.75) is 5.16 Å². The third kappa shape index (κ3) is 4.25. The van der Waals surface area contributed by atoms with Crippen LogP contribution in [0.25, 0.3) is 27.2 Å². The van der Waals surface area contributed by atoms with Gasteiger partial charge in [0.05, 0.1) is 23.1 Å². The van der Waals surface area contributed by atoms with Crippen LogP contribution >= 0.6 is 23.1 Å². The average molecular weight is 518 g/mol. The van der Waals surface area contributed by atoms with Crippen LogP contribution in [0, 0.1) is 0 Å². The number of fused-ring (bicyclic) bond motifs is 2. The van der Waals surface area contributed by atoms with E-state index in [2.05, 4.69) is 5.32 Å². The van der Waals surface area contributed by atoms with Crippen LogP contribution in [0.1, 0.15) is 0 Å². The van der Waals surface area contributed by atoms with E-state index < -0.39 is 0 Å². The van der Waals surface area contributed by atoms with Gasteiger partial charge in [0.25, 0.3) is 5.56 Å². The van der Waals surface area contributed by atoms with Gasteiger partial charge in [0.15, 0.2) is 16.7 Å². The molecule has 1 N–H and O–H groups in total. The Hall–Kier alpha value is -4.02. The topological polar surface area (TPSA) is 95.6 Å². The Kier molecular flexibility index (Phi) is 5.96. The van der Waals surface area contributed by atoms with Crippen LogP contribution in [0.2, 0.25) is 0 Å². The number of hydrogen-bond donors (Lipinski definition) is 1. The number of thioether (sulfide) groups is 1. The molecule has 3 aromatic heterocycles. The van der Waals surface area contributed by atoms with Gasteiger partial charge in [0, 0.05) is 22.7 Å².